The number of amides is 1. The molecule has 0 radical (unpaired) electrons. The summed E-state index contributed by atoms with van der Waals surface area (Å²) in [6.07, 6.45) is -4.66. The minimum Gasteiger partial charge on any atom is -0.333 e. The Morgan fingerprint density at radius 2 is 1.90 bits per heavy atom. The third-order valence-corrected chi connectivity index (χ3v) is 3.56. The quantitative estimate of drug-likeness (QED) is 0.630. The molecule has 0 aliphatic heterocycles. The molecule has 1 aromatic rings. The Balaban J connectivity index is 3.16. The lowest BCUT2D eigenvalue weighted by Crippen LogP contribution is -2.36. The molecule has 1 aromatic carbocycles. The second kappa shape index (κ2) is 5.57. The van der Waals surface area contributed by atoms with Crippen molar-refractivity contribution in [1.29, 1.82) is 0 Å². The average Bonchev–Trinajstić information content (AvgIpc) is 2.24. The number of benzene rings is 1. The van der Waals surface area contributed by atoms with Crippen LogP contribution in [0, 0.1) is 5.82 Å². The van der Waals surface area contributed by atoms with Crippen molar-refractivity contribution in [3.05, 3.63) is 29.6 Å². The minimum atomic E-state index is -4.66. The van der Waals surface area contributed by atoms with Crippen LogP contribution in [0.1, 0.15) is 10.4 Å². The molecule has 0 bridgehead atoms. The molecule has 0 saturated heterocycles. The summed E-state index contributed by atoms with van der Waals surface area (Å²) in [5.41, 5.74) is -0.807. The van der Waals surface area contributed by atoms with Gasteiger partial charge < -0.3 is 4.90 Å². The molecule has 1 rings (SSSR count). The van der Waals surface area contributed by atoms with E-state index in [2.05, 4.69) is 0 Å². The largest absolute Gasteiger partial charge is 0.406 e. The predicted octanol–water partition coefficient (Wildman–Crippen LogP) is 2.39. The smallest absolute Gasteiger partial charge is 0.333 e. The van der Waals surface area contributed by atoms with Gasteiger partial charge in [-0.15, -0.1) is 0 Å². The lowest BCUT2D eigenvalue weighted by Gasteiger charge is -2.19. The number of nitrogens with zero attached hydrogens (tertiary/aromatic N) is 1. The van der Waals surface area contributed by atoms with Crippen molar-refractivity contribution in [2.45, 2.75) is 11.1 Å². The molecule has 0 heterocycles. The van der Waals surface area contributed by atoms with Crippen LogP contribution < -0.4 is 0 Å². The van der Waals surface area contributed by atoms with Crippen LogP contribution in [0.3, 0.4) is 0 Å². The molecule has 0 aromatic heterocycles. The first-order valence-electron chi connectivity index (χ1n) is 4.98. The van der Waals surface area contributed by atoms with E-state index in [1.807, 2.05) is 0 Å². The number of carbonyl (C=O) groups is 1. The van der Waals surface area contributed by atoms with Crippen LogP contribution in [0.15, 0.2) is 23.1 Å². The summed E-state index contributed by atoms with van der Waals surface area (Å²) in [5, 5.41) is 0. The van der Waals surface area contributed by atoms with Gasteiger partial charge in [0.05, 0.1) is 10.5 Å². The summed E-state index contributed by atoms with van der Waals surface area (Å²) in [6, 6.07) is 2.04. The topological polar surface area (TPSA) is 54.5 Å². The van der Waals surface area contributed by atoms with E-state index in [0.29, 0.717) is 12.1 Å². The Kier molecular flexibility index (Phi) is 4.65. The van der Waals surface area contributed by atoms with Crippen molar-refractivity contribution < 1.29 is 30.8 Å². The van der Waals surface area contributed by atoms with Crippen LogP contribution in [0.4, 0.5) is 17.6 Å². The zero-order valence-corrected chi connectivity index (χ0v) is 11.5. The second-order valence-corrected chi connectivity index (χ2v) is 6.42. The van der Waals surface area contributed by atoms with Crippen molar-refractivity contribution in [3.8, 4) is 0 Å². The Morgan fingerprint density at radius 1 is 1.35 bits per heavy atom. The summed E-state index contributed by atoms with van der Waals surface area (Å²) in [5.74, 6) is -2.45. The van der Waals surface area contributed by atoms with E-state index in [-0.39, 0.29) is 4.90 Å². The van der Waals surface area contributed by atoms with Crippen molar-refractivity contribution in [3.63, 3.8) is 0 Å². The summed E-state index contributed by atoms with van der Waals surface area (Å²) < 4.78 is 72.0. The molecule has 10 heteroatoms. The summed E-state index contributed by atoms with van der Waals surface area (Å²) in [4.78, 5) is 11.3. The second-order valence-electron chi connectivity index (χ2n) is 3.86. The molecule has 112 valence electrons. The third-order valence-electron chi connectivity index (χ3n) is 2.21. The third kappa shape index (κ3) is 4.34. The van der Waals surface area contributed by atoms with Crippen molar-refractivity contribution >= 4 is 25.6 Å². The van der Waals surface area contributed by atoms with Gasteiger partial charge in [-0.05, 0) is 18.2 Å². The Bertz CT molecular complexity index is 630. The minimum absolute atomic E-state index is 0.225. The predicted molar refractivity (Wildman–Crippen MR) is 62.5 cm³/mol. The van der Waals surface area contributed by atoms with Crippen molar-refractivity contribution in [2.24, 2.45) is 0 Å². The van der Waals surface area contributed by atoms with Gasteiger partial charge in [-0.2, -0.15) is 13.2 Å². The Morgan fingerprint density at radius 3 is 2.35 bits per heavy atom. The number of halogens is 5. The highest BCUT2D eigenvalue weighted by Gasteiger charge is 2.32. The fourth-order valence-electron chi connectivity index (χ4n) is 1.37. The number of alkyl halides is 3. The number of rotatable bonds is 3. The van der Waals surface area contributed by atoms with E-state index in [4.69, 9.17) is 10.7 Å². The molecular weight excluding hydrogens is 326 g/mol. The highest BCUT2D eigenvalue weighted by atomic mass is 35.7. The number of hydrogen-bond acceptors (Lipinski definition) is 3. The van der Waals surface area contributed by atoms with Gasteiger partial charge in [0.2, 0.25) is 0 Å². The first-order valence-corrected chi connectivity index (χ1v) is 7.29. The van der Waals surface area contributed by atoms with E-state index in [1.54, 1.807) is 0 Å². The van der Waals surface area contributed by atoms with Gasteiger partial charge in [0.25, 0.3) is 15.0 Å². The maximum absolute atomic E-state index is 13.4. The van der Waals surface area contributed by atoms with E-state index in [9.17, 15) is 30.8 Å². The van der Waals surface area contributed by atoms with Gasteiger partial charge in [0, 0.05) is 17.7 Å². The maximum Gasteiger partial charge on any atom is 0.406 e. The van der Waals surface area contributed by atoms with Crippen LogP contribution in [0.5, 0.6) is 0 Å². The Labute approximate surface area is 116 Å². The summed E-state index contributed by atoms with van der Waals surface area (Å²) in [6.45, 7) is -1.59. The summed E-state index contributed by atoms with van der Waals surface area (Å²) in [7, 11) is 1.61. The highest BCUT2D eigenvalue weighted by Crippen LogP contribution is 2.21. The van der Waals surface area contributed by atoms with Gasteiger partial charge in [-0.25, -0.2) is 12.8 Å². The first kappa shape index (κ1) is 16.7. The van der Waals surface area contributed by atoms with Crippen molar-refractivity contribution in [2.75, 3.05) is 13.6 Å². The molecule has 0 unspecified atom stereocenters. The van der Waals surface area contributed by atoms with Crippen LogP contribution >= 0.6 is 10.7 Å². The molecule has 0 aliphatic carbocycles. The standard InChI is InChI=1S/C10H8ClF4NO3S/c1-16(5-10(13,14)15)9(17)7-4-6(20(11,18)19)2-3-8(7)12/h2-4H,5H2,1H3. The van der Waals surface area contributed by atoms with E-state index >= 15 is 0 Å². The first-order chi connectivity index (χ1) is 8.92. The monoisotopic (exact) mass is 333 g/mol. The zero-order chi connectivity index (χ0) is 15.7. The van der Waals surface area contributed by atoms with Gasteiger partial charge in [0.1, 0.15) is 12.4 Å². The molecule has 1 amide bonds. The molecule has 20 heavy (non-hydrogen) atoms. The molecule has 0 N–H and O–H groups in total. The molecular formula is C10H8ClF4NO3S. The Hall–Kier alpha value is -1.35. The van der Waals surface area contributed by atoms with E-state index in [1.165, 1.54) is 0 Å². The van der Waals surface area contributed by atoms with Crippen LogP contribution in [0.25, 0.3) is 0 Å². The highest BCUT2D eigenvalue weighted by molar-refractivity contribution is 8.13. The molecule has 0 spiro atoms. The number of hydrogen-bond donors (Lipinski definition) is 0. The van der Waals surface area contributed by atoms with Gasteiger partial charge >= 0.3 is 6.18 Å². The van der Waals surface area contributed by atoms with Gasteiger partial charge in [-0.3, -0.25) is 4.79 Å². The van der Waals surface area contributed by atoms with Gasteiger partial charge in [-0.1, -0.05) is 0 Å². The average molecular weight is 334 g/mol. The van der Waals surface area contributed by atoms with E-state index < -0.39 is 44.0 Å². The lowest BCUT2D eigenvalue weighted by molar-refractivity contribution is -0.138. The van der Waals surface area contributed by atoms with Crippen LogP contribution in [-0.4, -0.2) is 39.0 Å². The SMILES string of the molecule is CN(CC(F)(F)F)C(=O)c1cc(S(=O)(=O)Cl)ccc1F. The van der Waals surface area contributed by atoms with Crippen LogP contribution in [0.2, 0.25) is 0 Å². The molecule has 0 aliphatic rings. The fourth-order valence-corrected chi connectivity index (χ4v) is 2.14. The number of carbonyl (C=O) groups excluding carboxylic acids is 1. The molecule has 0 saturated carbocycles. The maximum atomic E-state index is 13.4. The molecule has 4 nitrogen and oxygen atoms in total. The normalized spacial score (nSPS) is 12.3. The lowest BCUT2D eigenvalue weighted by atomic mass is 10.2. The van der Waals surface area contributed by atoms with Gasteiger partial charge in [0.15, 0.2) is 0 Å². The van der Waals surface area contributed by atoms with Crippen molar-refractivity contribution in [1.82, 2.24) is 4.90 Å². The van der Waals surface area contributed by atoms with E-state index in [0.717, 1.165) is 13.1 Å². The molecule has 0 atom stereocenters. The summed E-state index contributed by atoms with van der Waals surface area (Å²) >= 11 is 0. The van der Waals surface area contributed by atoms with Crippen LogP contribution in [-0.2, 0) is 9.05 Å². The zero-order valence-electron chi connectivity index (χ0n) is 9.91. The fraction of sp³-hybridized carbons (Fsp3) is 0.300. The molecule has 0 fully saturated rings.